The molecule has 0 saturated heterocycles. The smallest absolute Gasteiger partial charge is 0.341 e. The Balaban J connectivity index is 2.04. The summed E-state index contributed by atoms with van der Waals surface area (Å²) < 4.78 is 41.2. The average Bonchev–Trinajstić information content (AvgIpc) is 3.47. The molecule has 1 aromatic carbocycles. The van der Waals surface area contributed by atoms with Crippen LogP contribution in [0.15, 0.2) is 17.1 Å². The Morgan fingerprint density at radius 1 is 1.41 bits per heavy atom. The zero-order chi connectivity index (χ0) is 21.5. The number of fused-ring (bicyclic) bond motifs is 1. The molecule has 0 bridgehead atoms. The van der Waals surface area contributed by atoms with Crippen LogP contribution in [0.1, 0.15) is 42.1 Å². The number of alkyl halides is 2. The SMILES string of the molecule is CN(CCCC(O)C(F)F)c1c(F)cc2c(=O)c(C(=O)O)cn(C3CC3)c2c1Cl. The van der Waals surface area contributed by atoms with Crippen LogP contribution in [-0.4, -0.2) is 46.9 Å². The van der Waals surface area contributed by atoms with Crippen LogP contribution in [0.5, 0.6) is 0 Å². The fourth-order valence-electron chi connectivity index (χ4n) is 3.35. The molecule has 3 rings (SSSR count). The number of hydrogen-bond donors (Lipinski definition) is 2. The highest BCUT2D eigenvalue weighted by Gasteiger charge is 2.30. The van der Waals surface area contributed by atoms with E-state index in [2.05, 4.69) is 0 Å². The molecule has 2 aromatic rings. The molecule has 0 spiro atoms. The lowest BCUT2D eigenvalue weighted by Gasteiger charge is -2.24. The third-order valence-electron chi connectivity index (χ3n) is 5.02. The second-order valence-corrected chi connectivity index (χ2v) is 7.58. The van der Waals surface area contributed by atoms with Gasteiger partial charge in [0, 0.05) is 25.8 Å². The van der Waals surface area contributed by atoms with Crippen molar-refractivity contribution in [2.24, 2.45) is 0 Å². The van der Waals surface area contributed by atoms with Gasteiger partial charge < -0.3 is 19.7 Å². The first-order chi connectivity index (χ1) is 13.6. The van der Waals surface area contributed by atoms with Crippen molar-refractivity contribution in [3.63, 3.8) is 0 Å². The number of rotatable bonds is 8. The van der Waals surface area contributed by atoms with Gasteiger partial charge in [0.2, 0.25) is 5.43 Å². The monoisotopic (exact) mass is 432 g/mol. The number of carboxylic acid groups (broad SMARTS) is 1. The van der Waals surface area contributed by atoms with E-state index in [-0.39, 0.29) is 47.0 Å². The van der Waals surface area contributed by atoms with Crippen LogP contribution in [0.25, 0.3) is 10.9 Å². The molecular weight excluding hydrogens is 413 g/mol. The molecule has 1 fully saturated rings. The molecule has 158 valence electrons. The average molecular weight is 433 g/mol. The van der Waals surface area contributed by atoms with Crippen LogP contribution in [0.2, 0.25) is 5.02 Å². The molecule has 29 heavy (non-hydrogen) atoms. The van der Waals surface area contributed by atoms with Gasteiger partial charge in [-0.25, -0.2) is 18.0 Å². The highest BCUT2D eigenvalue weighted by atomic mass is 35.5. The number of pyridine rings is 1. The van der Waals surface area contributed by atoms with Crippen LogP contribution >= 0.6 is 11.6 Å². The standard InChI is InChI=1S/C19H20ClF3N2O4/c1-24(6-2-3-13(26)18(22)23)16-12(21)7-10-15(14(16)20)25(9-4-5-9)8-11(17(10)27)19(28)29/h7-9,13,18,26H,2-6H2,1H3,(H,28,29). The van der Waals surface area contributed by atoms with Crippen molar-refractivity contribution in [1.82, 2.24) is 4.57 Å². The molecule has 1 aliphatic carbocycles. The van der Waals surface area contributed by atoms with Gasteiger partial charge in [-0.2, -0.15) is 0 Å². The van der Waals surface area contributed by atoms with Gasteiger partial charge in [0.25, 0.3) is 6.43 Å². The van der Waals surface area contributed by atoms with Gasteiger partial charge in [-0.15, -0.1) is 0 Å². The molecule has 1 heterocycles. The van der Waals surface area contributed by atoms with E-state index < -0.39 is 35.3 Å². The molecule has 0 radical (unpaired) electrons. The zero-order valence-electron chi connectivity index (χ0n) is 15.5. The molecule has 1 aliphatic rings. The number of benzene rings is 1. The summed E-state index contributed by atoms with van der Waals surface area (Å²) in [5.41, 5.74) is -1.04. The quantitative estimate of drug-likeness (QED) is 0.665. The van der Waals surface area contributed by atoms with Crippen LogP contribution in [0.4, 0.5) is 18.9 Å². The van der Waals surface area contributed by atoms with Gasteiger partial charge in [-0.3, -0.25) is 4.79 Å². The molecule has 1 unspecified atom stereocenters. The van der Waals surface area contributed by atoms with E-state index in [1.54, 1.807) is 4.57 Å². The van der Waals surface area contributed by atoms with Gasteiger partial charge in [0.1, 0.15) is 17.5 Å². The first kappa shape index (κ1) is 21.4. The maximum absolute atomic E-state index is 14.8. The van der Waals surface area contributed by atoms with Crippen molar-refractivity contribution in [3.05, 3.63) is 38.9 Å². The number of hydrogen-bond acceptors (Lipinski definition) is 4. The third kappa shape index (κ3) is 4.20. The Labute approximate surface area is 169 Å². The summed E-state index contributed by atoms with van der Waals surface area (Å²) in [6.07, 6.45) is -1.81. The number of aromatic nitrogens is 1. The summed E-state index contributed by atoms with van der Waals surface area (Å²) in [6.45, 7) is 0.146. The van der Waals surface area contributed by atoms with E-state index in [4.69, 9.17) is 11.6 Å². The summed E-state index contributed by atoms with van der Waals surface area (Å²) in [7, 11) is 1.52. The number of aliphatic hydroxyl groups is 1. The highest BCUT2D eigenvalue weighted by molar-refractivity contribution is 6.38. The summed E-state index contributed by atoms with van der Waals surface area (Å²) in [6, 6.07) is 0.938. The van der Waals surface area contributed by atoms with E-state index in [0.29, 0.717) is 0 Å². The van der Waals surface area contributed by atoms with Gasteiger partial charge in [0.05, 0.1) is 21.6 Å². The van der Waals surface area contributed by atoms with Crippen molar-refractivity contribution in [2.75, 3.05) is 18.5 Å². The molecule has 1 atom stereocenters. The van der Waals surface area contributed by atoms with Crippen LogP contribution in [0, 0.1) is 5.82 Å². The summed E-state index contributed by atoms with van der Waals surface area (Å²) in [5.74, 6) is -2.22. The maximum atomic E-state index is 14.8. The number of nitrogens with zero attached hydrogens (tertiary/aromatic N) is 2. The lowest BCUT2D eigenvalue weighted by Crippen LogP contribution is -2.25. The second-order valence-electron chi connectivity index (χ2n) is 7.20. The number of carbonyl (C=O) groups is 1. The molecule has 6 nitrogen and oxygen atoms in total. The Morgan fingerprint density at radius 2 is 2.07 bits per heavy atom. The van der Waals surface area contributed by atoms with Crippen molar-refractivity contribution in [3.8, 4) is 0 Å². The lowest BCUT2D eigenvalue weighted by molar-refractivity contribution is -0.00939. The largest absolute Gasteiger partial charge is 0.477 e. The molecule has 0 aliphatic heterocycles. The van der Waals surface area contributed by atoms with Crippen LogP contribution in [0.3, 0.4) is 0 Å². The number of carboxylic acids is 1. The van der Waals surface area contributed by atoms with E-state index >= 15 is 0 Å². The number of halogens is 4. The van der Waals surface area contributed by atoms with Gasteiger partial charge in [-0.1, -0.05) is 11.6 Å². The number of aliphatic hydroxyl groups excluding tert-OH is 1. The minimum Gasteiger partial charge on any atom is -0.477 e. The molecule has 1 saturated carbocycles. The fraction of sp³-hybridized carbons (Fsp3) is 0.474. The minimum atomic E-state index is -2.85. The van der Waals surface area contributed by atoms with Crippen molar-refractivity contribution < 1.29 is 28.2 Å². The van der Waals surface area contributed by atoms with Crippen LogP contribution in [-0.2, 0) is 0 Å². The van der Waals surface area contributed by atoms with Gasteiger partial charge in [-0.05, 0) is 31.7 Å². The predicted molar refractivity (Wildman–Crippen MR) is 103 cm³/mol. The molecular formula is C19H20ClF3N2O4. The second kappa shape index (κ2) is 8.23. The fourth-order valence-corrected chi connectivity index (χ4v) is 3.78. The first-order valence-corrected chi connectivity index (χ1v) is 9.48. The van der Waals surface area contributed by atoms with Crippen molar-refractivity contribution >= 4 is 34.2 Å². The Hall–Kier alpha value is -2.26. The van der Waals surface area contributed by atoms with E-state index in [0.717, 1.165) is 18.9 Å². The minimum absolute atomic E-state index is 0.0115. The topological polar surface area (TPSA) is 82.8 Å². The van der Waals surface area contributed by atoms with E-state index in [1.807, 2.05) is 0 Å². The maximum Gasteiger partial charge on any atom is 0.341 e. The van der Waals surface area contributed by atoms with E-state index in [9.17, 15) is 33.0 Å². The van der Waals surface area contributed by atoms with Gasteiger partial charge in [0.15, 0.2) is 0 Å². The Bertz CT molecular complexity index is 1010. The Kier molecular flexibility index (Phi) is 6.09. The zero-order valence-corrected chi connectivity index (χ0v) is 16.3. The number of anilines is 1. The van der Waals surface area contributed by atoms with E-state index in [1.165, 1.54) is 18.1 Å². The predicted octanol–water partition coefficient (Wildman–Crippen LogP) is 3.67. The summed E-state index contributed by atoms with van der Waals surface area (Å²) in [4.78, 5) is 25.4. The number of aromatic carboxylic acids is 1. The molecule has 10 heteroatoms. The first-order valence-electron chi connectivity index (χ1n) is 9.11. The van der Waals surface area contributed by atoms with Crippen molar-refractivity contribution in [1.29, 1.82) is 0 Å². The van der Waals surface area contributed by atoms with Crippen molar-refractivity contribution in [2.45, 2.75) is 44.3 Å². The van der Waals surface area contributed by atoms with Gasteiger partial charge >= 0.3 is 5.97 Å². The van der Waals surface area contributed by atoms with Crippen LogP contribution < -0.4 is 10.3 Å². The summed E-state index contributed by atoms with van der Waals surface area (Å²) >= 11 is 6.46. The third-order valence-corrected chi connectivity index (χ3v) is 5.38. The molecule has 0 amide bonds. The normalized spacial score (nSPS) is 15.1. The highest BCUT2D eigenvalue weighted by Crippen LogP contribution is 2.41. The Morgan fingerprint density at radius 3 is 2.62 bits per heavy atom. The molecule has 2 N–H and O–H groups in total. The summed E-state index contributed by atoms with van der Waals surface area (Å²) in [5, 5.41) is 18.3. The lowest BCUT2D eigenvalue weighted by atomic mass is 10.1. The molecule has 1 aromatic heterocycles.